The maximum atomic E-state index is 11.9. The van der Waals surface area contributed by atoms with E-state index in [2.05, 4.69) is 10.6 Å². The summed E-state index contributed by atoms with van der Waals surface area (Å²) in [5.41, 5.74) is 1.90. The van der Waals surface area contributed by atoms with Crippen molar-refractivity contribution in [1.82, 2.24) is 5.32 Å². The third-order valence-corrected chi connectivity index (χ3v) is 3.30. The van der Waals surface area contributed by atoms with Gasteiger partial charge in [-0.2, -0.15) is 0 Å². The number of nitrogens with one attached hydrogen (secondary N) is 2. The zero-order valence-corrected chi connectivity index (χ0v) is 14.0. The Labute approximate surface area is 143 Å². The van der Waals surface area contributed by atoms with E-state index in [9.17, 15) is 4.79 Å². The van der Waals surface area contributed by atoms with Gasteiger partial charge in [0.2, 0.25) is 5.91 Å². The van der Waals surface area contributed by atoms with E-state index in [0.29, 0.717) is 26.4 Å². The van der Waals surface area contributed by atoms with Crippen LogP contribution in [0.5, 0.6) is 5.75 Å². The number of anilines is 1. The second-order valence-electron chi connectivity index (χ2n) is 5.21. The molecule has 2 aromatic carbocycles. The van der Waals surface area contributed by atoms with Crippen molar-refractivity contribution < 1.29 is 14.3 Å². The molecular weight excluding hydrogens is 304 g/mol. The van der Waals surface area contributed by atoms with Gasteiger partial charge < -0.3 is 20.1 Å². The lowest BCUT2D eigenvalue weighted by Gasteiger charge is -2.09. The SMILES string of the molecule is CCOCCOc1ccc(NC(=O)CNCc2ccccc2)cc1. The first-order chi connectivity index (χ1) is 11.8. The van der Waals surface area contributed by atoms with Crippen LogP contribution in [0.25, 0.3) is 0 Å². The highest BCUT2D eigenvalue weighted by molar-refractivity contribution is 5.92. The molecular formula is C19H24N2O3. The summed E-state index contributed by atoms with van der Waals surface area (Å²) >= 11 is 0. The predicted octanol–water partition coefficient (Wildman–Crippen LogP) is 2.83. The van der Waals surface area contributed by atoms with Crippen LogP contribution in [0.3, 0.4) is 0 Å². The highest BCUT2D eigenvalue weighted by atomic mass is 16.5. The van der Waals surface area contributed by atoms with Gasteiger partial charge in [0.15, 0.2) is 0 Å². The van der Waals surface area contributed by atoms with Crippen LogP contribution in [0.2, 0.25) is 0 Å². The molecule has 0 atom stereocenters. The van der Waals surface area contributed by atoms with Crippen LogP contribution < -0.4 is 15.4 Å². The van der Waals surface area contributed by atoms with E-state index in [4.69, 9.17) is 9.47 Å². The maximum Gasteiger partial charge on any atom is 0.238 e. The van der Waals surface area contributed by atoms with Gasteiger partial charge >= 0.3 is 0 Å². The molecule has 0 fully saturated rings. The van der Waals surface area contributed by atoms with Gasteiger partial charge in [0, 0.05) is 18.8 Å². The van der Waals surface area contributed by atoms with Crippen LogP contribution in [0.1, 0.15) is 12.5 Å². The Bertz CT molecular complexity index is 600. The van der Waals surface area contributed by atoms with Gasteiger partial charge in [0.05, 0.1) is 13.2 Å². The molecule has 0 saturated carbocycles. The second kappa shape index (κ2) is 10.4. The summed E-state index contributed by atoms with van der Waals surface area (Å²) in [5, 5.41) is 5.97. The summed E-state index contributed by atoms with van der Waals surface area (Å²) in [7, 11) is 0. The summed E-state index contributed by atoms with van der Waals surface area (Å²) < 4.78 is 10.7. The third-order valence-electron chi connectivity index (χ3n) is 3.30. The highest BCUT2D eigenvalue weighted by Crippen LogP contribution is 2.15. The van der Waals surface area contributed by atoms with Crippen LogP contribution in [-0.2, 0) is 16.1 Å². The van der Waals surface area contributed by atoms with Gasteiger partial charge in [-0.05, 0) is 36.8 Å². The first kappa shape index (κ1) is 18.0. The Balaban J connectivity index is 1.67. The fraction of sp³-hybridized carbons (Fsp3) is 0.316. The molecule has 2 rings (SSSR count). The molecule has 1 amide bonds. The van der Waals surface area contributed by atoms with Gasteiger partial charge in [0.25, 0.3) is 0 Å². The van der Waals surface area contributed by atoms with E-state index >= 15 is 0 Å². The normalized spacial score (nSPS) is 10.4. The van der Waals surface area contributed by atoms with Gasteiger partial charge in [-0.1, -0.05) is 30.3 Å². The van der Waals surface area contributed by atoms with Gasteiger partial charge in [0.1, 0.15) is 12.4 Å². The summed E-state index contributed by atoms with van der Waals surface area (Å²) in [6.07, 6.45) is 0. The second-order valence-corrected chi connectivity index (χ2v) is 5.21. The Morgan fingerprint density at radius 1 is 1.00 bits per heavy atom. The van der Waals surface area contributed by atoms with Crippen LogP contribution in [-0.4, -0.2) is 32.3 Å². The Morgan fingerprint density at radius 2 is 1.75 bits per heavy atom. The summed E-state index contributed by atoms with van der Waals surface area (Å²) in [6, 6.07) is 17.3. The Hall–Kier alpha value is -2.37. The zero-order valence-electron chi connectivity index (χ0n) is 14.0. The monoisotopic (exact) mass is 328 g/mol. The maximum absolute atomic E-state index is 11.9. The Kier molecular flexibility index (Phi) is 7.80. The number of carbonyl (C=O) groups excluding carboxylic acids is 1. The molecule has 0 aliphatic carbocycles. The fourth-order valence-electron chi connectivity index (χ4n) is 2.12. The number of carbonyl (C=O) groups is 1. The lowest BCUT2D eigenvalue weighted by Crippen LogP contribution is -2.27. The average molecular weight is 328 g/mol. The number of ether oxygens (including phenoxy) is 2. The quantitative estimate of drug-likeness (QED) is 0.659. The van der Waals surface area contributed by atoms with Crippen molar-refractivity contribution in [2.75, 3.05) is 31.7 Å². The topological polar surface area (TPSA) is 59.6 Å². The van der Waals surface area contributed by atoms with E-state index in [-0.39, 0.29) is 12.5 Å². The molecule has 0 aliphatic rings. The average Bonchev–Trinajstić information content (AvgIpc) is 2.61. The van der Waals surface area contributed by atoms with E-state index in [1.807, 2.05) is 61.5 Å². The summed E-state index contributed by atoms with van der Waals surface area (Å²) in [5.74, 6) is 0.686. The van der Waals surface area contributed by atoms with Crippen molar-refractivity contribution >= 4 is 11.6 Å². The van der Waals surface area contributed by atoms with Crippen molar-refractivity contribution in [3.8, 4) is 5.75 Å². The lowest BCUT2D eigenvalue weighted by molar-refractivity contribution is -0.115. The number of benzene rings is 2. The highest BCUT2D eigenvalue weighted by Gasteiger charge is 2.02. The third kappa shape index (κ3) is 6.81. The van der Waals surface area contributed by atoms with E-state index in [0.717, 1.165) is 17.0 Å². The number of hydrogen-bond acceptors (Lipinski definition) is 4. The first-order valence-corrected chi connectivity index (χ1v) is 8.13. The molecule has 5 nitrogen and oxygen atoms in total. The van der Waals surface area contributed by atoms with Gasteiger partial charge in [-0.3, -0.25) is 4.79 Å². The number of rotatable bonds is 10. The minimum atomic E-state index is -0.0732. The molecule has 0 bridgehead atoms. The largest absolute Gasteiger partial charge is 0.491 e. The molecule has 0 aromatic heterocycles. The van der Waals surface area contributed by atoms with Crippen LogP contribution in [0.4, 0.5) is 5.69 Å². The molecule has 0 aliphatic heterocycles. The number of hydrogen-bond donors (Lipinski definition) is 2. The molecule has 0 heterocycles. The van der Waals surface area contributed by atoms with E-state index in [1.54, 1.807) is 0 Å². The Morgan fingerprint density at radius 3 is 2.46 bits per heavy atom. The standard InChI is InChI=1S/C19H24N2O3/c1-2-23-12-13-24-18-10-8-17(9-11-18)21-19(22)15-20-14-16-6-4-3-5-7-16/h3-11,20H,2,12-15H2,1H3,(H,21,22). The van der Waals surface area contributed by atoms with Crippen LogP contribution >= 0.6 is 0 Å². The van der Waals surface area contributed by atoms with Crippen molar-refractivity contribution in [2.45, 2.75) is 13.5 Å². The molecule has 5 heteroatoms. The fourth-order valence-corrected chi connectivity index (χ4v) is 2.12. The van der Waals surface area contributed by atoms with Crippen molar-refractivity contribution in [1.29, 1.82) is 0 Å². The minimum Gasteiger partial charge on any atom is -0.491 e. The molecule has 0 unspecified atom stereocenters. The van der Waals surface area contributed by atoms with Gasteiger partial charge in [-0.25, -0.2) is 0 Å². The summed E-state index contributed by atoms with van der Waals surface area (Å²) in [4.78, 5) is 11.9. The van der Waals surface area contributed by atoms with Crippen molar-refractivity contribution in [2.24, 2.45) is 0 Å². The van der Waals surface area contributed by atoms with Crippen LogP contribution in [0, 0.1) is 0 Å². The van der Waals surface area contributed by atoms with E-state index in [1.165, 1.54) is 0 Å². The zero-order chi connectivity index (χ0) is 17.0. The van der Waals surface area contributed by atoms with Gasteiger partial charge in [-0.15, -0.1) is 0 Å². The lowest BCUT2D eigenvalue weighted by atomic mass is 10.2. The minimum absolute atomic E-state index is 0.0732. The molecule has 2 N–H and O–H groups in total. The molecule has 0 spiro atoms. The summed E-state index contributed by atoms with van der Waals surface area (Å²) in [6.45, 7) is 4.66. The molecule has 24 heavy (non-hydrogen) atoms. The molecule has 2 aromatic rings. The molecule has 0 saturated heterocycles. The number of amides is 1. The van der Waals surface area contributed by atoms with Crippen molar-refractivity contribution in [3.63, 3.8) is 0 Å². The molecule has 128 valence electrons. The van der Waals surface area contributed by atoms with Crippen molar-refractivity contribution in [3.05, 3.63) is 60.2 Å². The predicted molar refractivity (Wildman–Crippen MR) is 95.2 cm³/mol. The molecule has 0 radical (unpaired) electrons. The van der Waals surface area contributed by atoms with E-state index < -0.39 is 0 Å². The first-order valence-electron chi connectivity index (χ1n) is 8.13. The smallest absolute Gasteiger partial charge is 0.238 e. The van der Waals surface area contributed by atoms with Crippen LogP contribution in [0.15, 0.2) is 54.6 Å².